The molecule has 158 valence electrons. The van der Waals surface area contributed by atoms with E-state index in [1.54, 1.807) is 12.1 Å². The number of carbonyl (C=O) groups is 1. The van der Waals surface area contributed by atoms with Crippen LogP contribution in [0.15, 0.2) is 35.4 Å². The SMILES string of the molecule is CC(C)(CNCCC(N)=NN)Cc1ccc(C(=O)Oc2ccc(CN)cc2F)s1. The molecule has 0 radical (unpaired) electrons. The van der Waals surface area contributed by atoms with Crippen molar-refractivity contribution in [3.63, 3.8) is 0 Å². The molecule has 0 unspecified atom stereocenters. The number of nitrogens with two attached hydrogens (primary N) is 3. The number of benzene rings is 1. The van der Waals surface area contributed by atoms with Crippen molar-refractivity contribution in [1.82, 2.24) is 5.32 Å². The fourth-order valence-electron chi connectivity index (χ4n) is 2.73. The molecule has 0 aliphatic rings. The second kappa shape index (κ2) is 10.3. The molecule has 1 aromatic carbocycles. The highest BCUT2D eigenvalue weighted by atomic mass is 32.1. The minimum atomic E-state index is -0.606. The first-order chi connectivity index (χ1) is 13.7. The lowest BCUT2D eigenvalue weighted by atomic mass is 9.88. The Kier molecular flexibility index (Phi) is 8.12. The van der Waals surface area contributed by atoms with Crippen molar-refractivity contribution >= 4 is 23.1 Å². The zero-order valence-corrected chi connectivity index (χ0v) is 17.5. The summed E-state index contributed by atoms with van der Waals surface area (Å²) in [6, 6.07) is 7.92. The molecule has 2 rings (SSSR count). The van der Waals surface area contributed by atoms with Gasteiger partial charge in [-0.2, -0.15) is 5.10 Å². The number of thiophene rings is 1. The molecule has 0 saturated carbocycles. The van der Waals surface area contributed by atoms with Crippen LogP contribution in [0.5, 0.6) is 5.75 Å². The van der Waals surface area contributed by atoms with Crippen LogP contribution in [-0.2, 0) is 13.0 Å². The standard InChI is InChI=1S/C20H28FN5O2S/c1-20(2,12-25-8-7-18(23)26-24)10-14-4-6-17(29-14)19(27)28-16-5-3-13(11-22)9-15(16)21/h3-6,9,25H,7-8,10-12,22,24H2,1-2H3,(H2,23,26). The van der Waals surface area contributed by atoms with E-state index >= 15 is 0 Å². The Bertz CT molecular complexity index is 866. The summed E-state index contributed by atoms with van der Waals surface area (Å²) in [4.78, 5) is 13.8. The van der Waals surface area contributed by atoms with Crippen LogP contribution in [0.3, 0.4) is 0 Å². The first kappa shape index (κ1) is 22.8. The summed E-state index contributed by atoms with van der Waals surface area (Å²) in [5.41, 5.74) is 11.6. The van der Waals surface area contributed by atoms with Crippen molar-refractivity contribution in [3.05, 3.63) is 51.5 Å². The molecule has 1 aromatic heterocycles. The Morgan fingerprint density at radius 1 is 1.31 bits per heavy atom. The van der Waals surface area contributed by atoms with Crippen molar-refractivity contribution in [2.75, 3.05) is 13.1 Å². The number of halogens is 1. The topological polar surface area (TPSA) is 129 Å². The van der Waals surface area contributed by atoms with Crippen molar-refractivity contribution in [2.24, 2.45) is 27.8 Å². The number of hydrogen-bond donors (Lipinski definition) is 4. The van der Waals surface area contributed by atoms with Crippen LogP contribution >= 0.6 is 11.3 Å². The summed E-state index contributed by atoms with van der Waals surface area (Å²) in [6.07, 6.45) is 1.36. The van der Waals surface area contributed by atoms with Crippen LogP contribution in [0.4, 0.5) is 4.39 Å². The van der Waals surface area contributed by atoms with Gasteiger partial charge in [0.15, 0.2) is 11.6 Å². The average Bonchev–Trinajstić information content (AvgIpc) is 3.14. The number of ether oxygens (including phenoxy) is 1. The van der Waals surface area contributed by atoms with Gasteiger partial charge in [-0.1, -0.05) is 19.9 Å². The fraction of sp³-hybridized carbons (Fsp3) is 0.400. The Labute approximate surface area is 174 Å². The fourth-order valence-corrected chi connectivity index (χ4v) is 3.87. The molecule has 9 heteroatoms. The highest BCUT2D eigenvalue weighted by Crippen LogP contribution is 2.27. The normalized spacial score (nSPS) is 12.2. The van der Waals surface area contributed by atoms with Crippen molar-refractivity contribution < 1.29 is 13.9 Å². The second-order valence-electron chi connectivity index (χ2n) is 7.51. The van der Waals surface area contributed by atoms with Gasteiger partial charge in [0.2, 0.25) is 0 Å². The summed E-state index contributed by atoms with van der Waals surface area (Å²) in [5, 5.41) is 6.77. The quantitative estimate of drug-likeness (QED) is 0.0886. The molecule has 0 fully saturated rings. The first-order valence-corrected chi connectivity index (χ1v) is 10.1. The van der Waals surface area contributed by atoms with E-state index in [2.05, 4.69) is 24.3 Å². The molecule has 0 atom stereocenters. The number of amidine groups is 1. The lowest BCUT2D eigenvalue weighted by Gasteiger charge is -2.24. The maximum Gasteiger partial charge on any atom is 0.353 e. The van der Waals surface area contributed by atoms with E-state index in [9.17, 15) is 9.18 Å². The number of carbonyl (C=O) groups excluding carboxylic acids is 1. The highest BCUT2D eigenvalue weighted by molar-refractivity contribution is 7.13. The van der Waals surface area contributed by atoms with Gasteiger partial charge < -0.3 is 27.4 Å². The van der Waals surface area contributed by atoms with Gasteiger partial charge in [0.05, 0.1) is 0 Å². The molecule has 0 amide bonds. The van der Waals surface area contributed by atoms with Crippen LogP contribution < -0.4 is 27.4 Å². The zero-order valence-electron chi connectivity index (χ0n) is 16.7. The lowest BCUT2D eigenvalue weighted by Crippen LogP contribution is -2.33. The van der Waals surface area contributed by atoms with Crippen LogP contribution in [0.1, 0.15) is 40.4 Å². The van der Waals surface area contributed by atoms with E-state index in [1.165, 1.54) is 23.5 Å². The number of nitrogens with zero attached hydrogens (tertiary/aromatic N) is 1. The number of hydrazone groups is 1. The molecule has 7 nitrogen and oxygen atoms in total. The van der Waals surface area contributed by atoms with Crippen LogP contribution in [0, 0.1) is 11.2 Å². The van der Waals surface area contributed by atoms with Gasteiger partial charge in [0.1, 0.15) is 10.7 Å². The van der Waals surface area contributed by atoms with E-state index in [0.29, 0.717) is 29.2 Å². The minimum absolute atomic E-state index is 0.0369. The number of hydrogen-bond acceptors (Lipinski definition) is 7. The summed E-state index contributed by atoms with van der Waals surface area (Å²) in [6.45, 7) is 5.94. The predicted molar refractivity (Wildman–Crippen MR) is 114 cm³/mol. The molecular formula is C20H28FN5O2S. The number of nitrogens with one attached hydrogen (secondary N) is 1. The van der Waals surface area contributed by atoms with Gasteiger partial charge in [-0.05, 0) is 41.7 Å². The van der Waals surface area contributed by atoms with Gasteiger partial charge in [-0.3, -0.25) is 0 Å². The molecule has 29 heavy (non-hydrogen) atoms. The molecule has 0 bridgehead atoms. The minimum Gasteiger partial charge on any atom is -0.419 e. The third kappa shape index (κ3) is 7.12. The molecule has 2 aromatic rings. The maximum atomic E-state index is 14.0. The predicted octanol–water partition coefficient (Wildman–Crippen LogP) is 2.34. The summed E-state index contributed by atoms with van der Waals surface area (Å²) >= 11 is 1.35. The van der Waals surface area contributed by atoms with Gasteiger partial charge in [-0.25, -0.2) is 9.18 Å². The van der Waals surface area contributed by atoms with Crippen molar-refractivity contribution in [3.8, 4) is 5.75 Å². The Morgan fingerprint density at radius 3 is 2.72 bits per heavy atom. The third-order valence-corrected chi connectivity index (χ3v) is 5.34. The number of esters is 1. The van der Waals surface area contributed by atoms with Crippen LogP contribution in [0.2, 0.25) is 0 Å². The first-order valence-electron chi connectivity index (χ1n) is 9.26. The Balaban J connectivity index is 1.91. The Morgan fingerprint density at radius 2 is 2.07 bits per heavy atom. The average molecular weight is 422 g/mol. The zero-order chi connectivity index (χ0) is 21.4. The molecule has 0 aliphatic heterocycles. The van der Waals surface area contributed by atoms with E-state index in [0.717, 1.165) is 17.8 Å². The smallest absolute Gasteiger partial charge is 0.353 e. The van der Waals surface area contributed by atoms with Gasteiger partial charge in [0.25, 0.3) is 0 Å². The van der Waals surface area contributed by atoms with Crippen LogP contribution in [0.25, 0.3) is 0 Å². The summed E-state index contributed by atoms with van der Waals surface area (Å²) < 4.78 is 19.2. The highest BCUT2D eigenvalue weighted by Gasteiger charge is 2.21. The molecule has 1 heterocycles. The van der Waals surface area contributed by atoms with Gasteiger partial charge in [-0.15, -0.1) is 11.3 Å². The molecule has 0 aliphatic carbocycles. The van der Waals surface area contributed by atoms with Crippen LogP contribution in [-0.4, -0.2) is 24.9 Å². The second-order valence-corrected chi connectivity index (χ2v) is 8.68. The Hall–Kier alpha value is -2.49. The molecule has 0 saturated heterocycles. The maximum absolute atomic E-state index is 14.0. The lowest BCUT2D eigenvalue weighted by molar-refractivity contribution is 0.0733. The van der Waals surface area contributed by atoms with E-state index < -0.39 is 11.8 Å². The molecule has 0 spiro atoms. The largest absolute Gasteiger partial charge is 0.419 e. The van der Waals surface area contributed by atoms with E-state index in [4.69, 9.17) is 22.0 Å². The monoisotopic (exact) mass is 421 g/mol. The van der Waals surface area contributed by atoms with Gasteiger partial charge in [0, 0.05) is 30.9 Å². The number of rotatable bonds is 10. The van der Waals surface area contributed by atoms with Crippen molar-refractivity contribution in [2.45, 2.75) is 33.2 Å². The third-order valence-electron chi connectivity index (χ3n) is 4.28. The van der Waals surface area contributed by atoms with Crippen molar-refractivity contribution in [1.29, 1.82) is 0 Å². The van der Waals surface area contributed by atoms with E-state index in [-0.39, 0.29) is 17.7 Å². The molecule has 7 N–H and O–H groups in total. The summed E-state index contributed by atoms with van der Waals surface area (Å²) in [5.74, 6) is 4.23. The van der Waals surface area contributed by atoms with E-state index in [1.807, 2.05) is 6.07 Å². The van der Waals surface area contributed by atoms with Gasteiger partial charge >= 0.3 is 5.97 Å². The molecular weight excluding hydrogens is 393 g/mol. The summed E-state index contributed by atoms with van der Waals surface area (Å²) in [7, 11) is 0.